The second kappa shape index (κ2) is 14.6. The number of fused-ring (bicyclic) bond motifs is 9. The Kier molecular flexibility index (Phi) is 8.34. The normalized spacial score (nSPS) is 12.8. The van der Waals surface area contributed by atoms with Gasteiger partial charge in [0.05, 0.1) is 5.41 Å². The van der Waals surface area contributed by atoms with E-state index in [2.05, 4.69) is 229 Å². The van der Waals surface area contributed by atoms with Gasteiger partial charge in [-0.1, -0.05) is 170 Å². The Hall–Kier alpha value is -7.98. The van der Waals surface area contributed by atoms with E-state index >= 15 is 0 Å². The van der Waals surface area contributed by atoms with Crippen LogP contribution < -0.4 is 4.90 Å². The summed E-state index contributed by atoms with van der Waals surface area (Å²) < 4.78 is 8.80. The topological polar surface area (TPSA) is 16.4 Å². The van der Waals surface area contributed by atoms with Gasteiger partial charge in [-0.2, -0.15) is 0 Å². The van der Waals surface area contributed by atoms with Gasteiger partial charge in [0.15, 0.2) is 0 Å². The lowest BCUT2D eigenvalue weighted by Gasteiger charge is -2.34. The summed E-state index contributed by atoms with van der Waals surface area (Å²) in [6, 6.07) is 86.6. The second-order valence-corrected chi connectivity index (χ2v) is 17.9. The first-order valence-electron chi connectivity index (χ1n) is 21.9. The minimum absolute atomic E-state index is 0.460. The van der Waals surface area contributed by atoms with E-state index in [9.17, 15) is 0 Å². The number of thiophene rings is 1. The zero-order chi connectivity index (χ0) is 42.2. The maximum Gasteiger partial charge on any atom is 0.135 e. The zero-order valence-corrected chi connectivity index (χ0v) is 35.6. The molecule has 1 aliphatic rings. The molecular formula is C61H39NOS. The average molecular weight is 834 g/mol. The van der Waals surface area contributed by atoms with Crippen molar-refractivity contribution in [1.29, 1.82) is 0 Å². The molecule has 0 radical (unpaired) electrons. The van der Waals surface area contributed by atoms with Gasteiger partial charge in [-0.3, -0.25) is 0 Å². The molecule has 0 unspecified atom stereocenters. The van der Waals surface area contributed by atoms with Crippen LogP contribution in [0.15, 0.2) is 241 Å². The van der Waals surface area contributed by atoms with E-state index in [1.54, 1.807) is 0 Å². The Morgan fingerprint density at radius 2 is 0.859 bits per heavy atom. The fourth-order valence-electron chi connectivity index (χ4n) is 10.4. The minimum atomic E-state index is -0.460. The van der Waals surface area contributed by atoms with Gasteiger partial charge in [0.25, 0.3) is 0 Å². The summed E-state index contributed by atoms with van der Waals surface area (Å²) in [5.74, 6) is 0. The molecule has 10 aromatic carbocycles. The molecule has 2 aromatic heterocycles. The Labute approximate surface area is 375 Å². The molecule has 1 aliphatic carbocycles. The molecule has 0 amide bonds. The first-order chi connectivity index (χ1) is 31.7. The maximum absolute atomic E-state index is 6.17. The summed E-state index contributed by atoms with van der Waals surface area (Å²) in [4.78, 5) is 2.41. The number of nitrogens with zero attached hydrogens (tertiary/aromatic N) is 1. The van der Waals surface area contributed by atoms with Crippen LogP contribution in [0.2, 0.25) is 0 Å². The third-order valence-corrected chi connectivity index (χ3v) is 14.5. The van der Waals surface area contributed by atoms with Gasteiger partial charge in [0.2, 0.25) is 0 Å². The predicted octanol–water partition coefficient (Wildman–Crippen LogP) is 17.1. The largest absolute Gasteiger partial charge is 0.456 e. The quantitative estimate of drug-likeness (QED) is 0.159. The number of anilines is 3. The fourth-order valence-corrected chi connectivity index (χ4v) is 11.6. The summed E-state index contributed by atoms with van der Waals surface area (Å²) in [6.07, 6.45) is 0. The van der Waals surface area contributed by atoms with E-state index in [0.717, 1.165) is 50.1 Å². The summed E-state index contributed by atoms with van der Waals surface area (Å²) in [7, 11) is 0. The molecule has 3 heteroatoms. The smallest absolute Gasteiger partial charge is 0.135 e. The summed E-state index contributed by atoms with van der Waals surface area (Å²) in [6.45, 7) is 0. The lowest BCUT2D eigenvalue weighted by Crippen LogP contribution is -2.28. The Morgan fingerprint density at radius 3 is 1.59 bits per heavy atom. The SMILES string of the molecule is c1ccc(C2(c3ccccc3)c3ccccc3-c3cc(N(c4ccc(-c5ccc6c(c5)sc5ccccc56)cc4)c4ccc(-c5ccc6oc7ccccc7c6c5)cc4)ccc32)cc1. The average Bonchev–Trinajstić information content (AvgIpc) is 4.03. The molecule has 2 nitrogen and oxygen atoms in total. The lowest BCUT2D eigenvalue weighted by atomic mass is 9.68. The molecule has 13 rings (SSSR count). The van der Waals surface area contributed by atoms with Crippen molar-refractivity contribution in [2.75, 3.05) is 4.90 Å². The van der Waals surface area contributed by atoms with Crippen LogP contribution in [0.3, 0.4) is 0 Å². The van der Waals surface area contributed by atoms with Crippen molar-refractivity contribution >= 4 is 70.5 Å². The van der Waals surface area contributed by atoms with Crippen molar-refractivity contribution in [2.24, 2.45) is 0 Å². The van der Waals surface area contributed by atoms with Crippen molar-refractivity contribution in [3.63, 3.8) is 0 Å². The zero-order valence-electron chi connectivity index (χ0n) is 34.8. The van der Waals surface area contributed by atoms with Crippen LogP contribution in [0, 0.1) is 0 Å². The van der Waals surface area contributed by atoms with Gasteiger partial charge in [-0.05, 0) is 122 Å². The van der Waals surface area contributed by atoms with Gasteiger partial charge in [-0.25, -0.2) is 0 Å². The standard InChI is InChI=1S/C61H39NOS/c1-3-13-44(14-4-1)61(45-15-5-2-6-16-45)55-20-10-7-17-49(55)53-39-48(33-35-56(53)61)62(46-29-23-40(24-30-46)42-28-36-58-54(37-42)50-18-8-11-21-57(50)63-58)47-31-25-41(26-32-47)43-27-34-52-51-19-9-12-22-59(51)64-60(52)38-43/h1-39H. The number of furan rings is 1. The molecule has 0 saturated carbocycles. The first kappa shape index (κ1) is 36.7. The molecule has 12 aromatic rings. The second-order valence-electron chi connectivity index (χ2n) is 16.8. The molecule has 0 N–H and O–H groups in total. The van der Waals surface area contributed by atoms with E-state index in [4.69, 9.17) is 4.42 Å². The molecule has 0 atom stereocenters. The van der Waals surface area contributed by atoms with Crippen molar-refractivity contribution in [3.8, 4) is 33.4 Å². The monoisotopic (exact) mass is 833 g/mol. The summed E-state index contributed by atoms with van der Waals surface area (Å²) in [5.41, 5.74) is 17.0. The van der Waals surface area contributed by atoms with Crippen LogP contribution in [-0.4, -0.2) is 0 Å². The third-order valence-electron chi connectivity index (χ3n) is 13.4. The highest BCUT2D eigenvalue weighted by Crippen LogP contribution is 2.57. The van der Waals surface area contributed by atoms with Crippen LogP contribution in [0.25, 0.3) is 75.5 Å². The summed E-state index contributed by atoms with van der Waals surface area (Å²) >= 11 is 1.86. The first-order valence-corrected chi connectivity index (χ1v) is 22.7. The Morgan fingerprint density at radius 1 is 0.328 bits per heavy atom. The van der Waals surface area contributed by atoms with Crippen molar-refractivity contribution < 1.29 is 4.42 Å². The molecule has 0 saturated heterocycles. The predicted molar refractivity (Wildman–Crippen MR) is 269 cm³/mol. The van der Waals surface area contributed by atoms with Crippen molar-refractivity contribution in [1.82, 2.24) is 0 Å². The van der Waals surface area contributed by atoms with Crippen LogP contribution in [0.1, 0.15) is 22.3 Å². The minimum Gasteiger partial charge on any atom is -0.456 e. The van der Waals surface area contributed by atoms with Gasteiger partial charge >= 0.3 is 0 Å². The van der Waals surface area contributed by atoms with Crippen molar-refractivity contribution in [3.05, 3.63) is 259 Å². The van der Waals surface area contributed by atoms with E-state index in [0.29, 0.717) is 0 Å². The molecule has 0 spiro atoms. The van der Waals surface area contributed by atoms with E-state index in [1.807, 2.05) is 23.5 Å². The van der Waals surface area contributed by atoms with Crippen LogP contribution >= 0.6 is 11.3 Å². The van der Waals surface area contributed by atoms with E-state index in [1.165, 1.54) is 64.7 Å². The lowest BCUT2D eigenvalue weighted by molar-refractivity contribution is 0.669. The molecule has 0 aliphatic heterocycles. The molecule has 0 fully saturated rings. The number of para-hydroxylation sites is 1. The maximum atomic E-state index is 6.17. The van der Waals surface area contributed by atoms with Gasteiger partial charge < -0.3 is 9.32 Å². The molecule has 2 heterocycles. The van der Waals surface area contributed by atoms with Crippen LogP contribution in [0.4, 0.5) is 17.1 Å². The molecular weight excluding hydrogens is 795 g/mol. The highest BCUT2D eigenvalue weighted by Gasteiger charge is 2.46. The number of rotatable bonds is 7. The Balaban J connectivity index is 0.954. The van der Waals surface area contributed by atoms with E-state index < -0.39 is 5.41 Å². The molecule has 64 heavy (non-hydrogen) atoms. The molecule has 0 bridgehead atoms. The third kappa shape index (κ3) is 5.64. The number of hydrogen-bond acceptors (Lipinski definition) is 3. The van der Waals surface area contributed by atoms with Crippen molar-refractivity contribution in [2.45, 2.75) is 5.41 Å². The summed E-state index contributed by atoms with van der Waals surface area (Å²) in [5, 5.41) is 4.90. The number of benzene rings is 10. The highest BCUT2D eigenvalue weighted by molar-refractivity contribution is 7.25. The number of hydrogen-bond donors (Lipinski definition) is 0. The Bertz CT molecular complexity index is 3670. The van der Waals surface area contributed by atoms with Gasteiger partial charge in [0.1, 0.15) is 11.2 Å². The van der Waals surface area contributed by atoms with Gasteiger partial charge in [0, 0.05) is 48.0 Å². The fraction of sp³-hybridized carbons (Fsp3) is 0.0164. The van der Waals surface area contributed by atoms with Crippen LogP contribution in [-0.2, 0) is 5.41 Å². The van der Waals surface area contributed by atoms with E-state index in [-0.39, 0.29) is 0 Å². The molecule has 300 valence electrons. The van der Waals surface area contributed by atoms with Gasteiger partial charge in [-0.15, -0.1) is 11.3 Å². The highest BCUT2D eigenvalue weighted by atomic mass is 32.1. The van der Waals surface area contributed by atoms with Crippen LogP contribution in [0.5, 0.6) is 0 Å².